The molecule has 0 spiro atoms. The highest BCUT2D eigenvalue weighted by molar-refractivity contribution is 5.66. The van der Waals surface area contributed by atoms with Crippen LogP contribution in [0.5, 0.6) is 0 Å². The summed E-state index contributed by atoms with van der Waals surface area (Å²) in [6.07, 6.45) is 1.12. The molecular formula is C12H24N4O. The van der Waals surface area contributed by atoms with E-state index in [1.54, 1.807) is 0 Å². The van der Waals surface area contributed by atoms with Crippen molar-refractivity contribution in [2.75, 3.05) is 30.8 Å². The van der Waals surface area contributed by atoms with Crippen molar-refractivity contribution >= 4 is 11.5 Å². The number of hydrogen-bond donors (Lipinski definition) is 1. The molecule has 0 aliphatic rings. The Hall–Kier alpha value is -1.23. The molecule has 0 unspecified atom stereocenters. The molecule has 0 aliphatic heterocycles. The van der Waals surface area contributed by atoms with Crippen molar-refractivity contribution < 1.29 is 4.74 Å². The molecule has 1 rings (SSSR count). The van der Waals surface area contributed by atoms with E-state index >= 15 is 0 Å². The summed E-state index contributed by atoms with van der Waals surface area (Å²) in [5.41, 5.74) is 7.82. The summed E-state index contributed by atoms with van der Waals surface area (Å²) in [4.78, 5) is 2.09. The minimum atomic E-state index is 0.262. The van der Waals surface area contributed by atoms with E-state index in [1.807, 2.05) is 32.6 Å². The Kier molecular flexibility index (Phi) is 4.81. The fourth-order valence-corrected chi connectivity index (χ4v) is 1.83. The molecule has 0 aliphatic carbocycles. The first-order chi connectivity index (χ1) is 7.97. The summed E-state index contributed by atoms with van der Waals surface area (Å²) in [6.45, 7) is 7.64. The maximum atomic E-state index is 6.08. The molecule has 0 bridgehead atoms. The molecule has 0 amide bonds. The van der Waals surface area contributed by atoms with E-state index in [-0.39, 0.29) is 6.10 Å². The van der Waals surface area contributed by atoms with E-state index in [0.717, 1.165) is 30.2 Å². The van der Waals surface area contributed by atoms with Crippen LogP contribution < -0.4 is 10.6 Å². The smallest absolute Gasteiger partial charge is 0.150 e. The molecule has 1 aromatic rings. The van der Waals surface area contributed by atoms with Crippen molar-refractivity contribution in [2.45, 2.75) is 33.3 Å². The number of hydrogen-bond acceptors (Lipinski definition) is 4. The third-order valence-corrected chi connectivity index (χ3v) is 2.70. The van der Waals surface area contributed by atoms with Crippen molar-refractivity contribution in [1.29, 1.82) is 0 Å². The highest BCUT2D eigenvalue weighted by Gasteiger charge is 2.15. The fourth-order valence-electron chi connectivity index (χ4n) is 1.83. The minimum absolute atomic E-state index is 0.262. The molecule has 5 heteroatoms. The first kappa shape index (κ1) is 13.8. The van der Waals surface area contributed by atoms with Gasteiger partial charge in [-0.05, 0) is 20.3 Å². The van der Waals surface area contributed by atoms with Gasteiger partial charge in [-0.3, -0.25) is 4.68 Å². The maximum Gasteiger partial charge on any atom is 0.150 e. The van der Waals surface area contributed by atoms with Gasteiger partial charge in [0.1, 0.15) is 5.82 Å². The van der Waals surface area contributed by atoms with Crippen LogP contribution in [0.4, 0.5) is 11.5 Å². The van der Waals surface area contributed by atoms with E-state index in [9.17, 15) is 0 Å². The Morgan fingerprint density at radius 1 is 1.47 bits per heavy atom. The van der Waals surface area contributed by atoms with Crippen molar-refractivity contribution in [3.8, 4) is 0 Å². The highest BCUT2D eigenvalue weighted by atomic mass is 16.5. The van der Waals surface area contributed by atoms with Gasteiger partial charge in [0.15, 0.2) is 0 Å². The molecule has 0 saturated carbocycles. The maximum absolute atomic E-state index is 6.08. The molecule has 17 heavy (non-hydrogen) atoms. The lowest BCUT2D eigenvalue weighted by molar-refractivity contribution is 0.0845. The zero-order valence-electron chi connectivity index (χ0n) is 11.5. The Morgan fingerprint density at radius 2 is 2.12 bits per heavy atom. The SMILES string of the molecule is CCc1nn(C)c(N(C)CCOC(C)C)c1N. The van der Waals surface area contributed by atoms with Crippen LogP contribution in [0.15, 0.2) is 0 Å². The van der Waals surface area contributed by atoms with E-state index in [4.69, 9.17) is 10.5 Å². The molecule has 0 atom stereocenters. The lowest BCUT2D eigenvalue weighted by Gasteiger charge is -2.20. The quantitative estimate of drug-likeness (QED) is 0.817. The standard InChI is InChI=1S/C12H24N4O/c1-6-10-11(13)12(16(5)14-10)15(4)7-8-17-9(2)3/h9H,6-8,13H2,1-5H3. The average Bonchev–Trinajstić information content (AvgIpc) is 2.53. The average molecular weight is 240 g/mol. The van der Waals surface area contributed by atoms with Crippen molar-refractivity contribution in [2.24, 2.45) is 7.05 Å². The van der Waals surface area contributed by atoms with Gasteiger partial charge < -0.3 is 15.4 Å². The number of nitrogen functional groups attached to an aromatic ring is 1. The first-order valence-electron chi connectivity index (χ1n) is 6.11. The lowest BCUT2D eigenvalue weighted by Crippen LogP contribution is -2.26. The van der Waals surface area contributed by atoms with Crippen LogP contribution >= 0.6 is 0 Å². The molecule has 2 N–H and O–H groups in total. The largest absolute Gasteiger partial charge is 0.394 e. The molecule has 0 saturated heterocycles. The molecular weight excluding hydrogens is 216 g/mol. The van der Waals surface area contributed by atoms with E-state index in [2.05, 4.69) is 16.9 Å². The predicted octanol–water partition coefficient (Wildman–Crippen LogP) is 1.43. The summed E-state index contributed by atoms with van der Waals surface area (Å²) in [6, 6.07) is 0. The van der Waals surface area contributed by atoms with Gasteiger partial charge in [-0.2, -0.15) is 5.10 Å². The number of nitrogens with zero attached hydrogens (tertiary/aromatic N) is 3. The van der Waals surface area contributed by atoms with E-state index in [0.29, 0.717) is 6.61 Å². The topological polar surface area (TPSA) is 56.3 Å². The van der Waals surface area contributed by atoms with Gasteiger partial charge in [0.05, 0.1) is 24.1 Å². The number of likely N-dealkylation sites (N-methyl/N-ethyl adjacent to an activating group) is 1. The van der Waals surface area contributed by atoms with Gasteiger partial charge in [-0.15, -0.1) is 0 Å². The Bertz CT molecular complexity index is 360. The predicted molar refractivity (Wildman–Crippen MR) is 71.4 cm³/mol. The first-order valence-corrected chi connectivity index (χ1v) is 6.11. The summed E-state index contributed by atoms with van der Waals surface area (Å²) in [7, 11) is 3.93. The zero-order valence-corrected chi connectivity index (χ0v) is 11.5. The Morgan fingerprint density at radius 3 is 2.59 bits per heavy atom. The fraction of sp³-hybridized carbons (Fsp3) is 0.750. The Balaban J connectivity index is 2.68. The summed E-state index contributed by atoms with van der Waals surface area (Å²) in [5.74, 6) is 0.967. The van der Waals surface area contributed by atoms with Gasteiger partial charge in [0, 0.05) is 20.6 Å². The van der Waals surface area contributed by atoms with Crippen LogP contribution in [0.25, 0.3) is 0 Å². The van der Waals surface area contributed by atoms with Gasteiger partial charge in [-0.25, -0.2) is 0 Å². The van der Waals surface area contributed by atoms with Crippen molar-refractivity contribution in [3.63, 3.8) is 0 Å². The van der Waals surface area contributed by atoms with Crippen LogP contribution in [0.3, 0.4) is 0 Å². The van der Waals surface area contributed by atoms with Crippen LogP contribution in [0.1, 0.15) is 26.5 Å². The second-order valence-electron chi connectivity index (χ2n) is 4.50. The molecule has 0 fully saturated rings. The molecule has 0 aromatic carbocycles. The van der Waals surface area contributed by atoms with Crippen molar-refractivity contribution in [1.82, 2.24) is 9.78 Å². The Labute approximate surface area is 104 Å². The van der Waals surface area contributed by atoms with Crippen LogP contribution in [-0.4, -0.2) is 36.1 Å². The van der Waals surface area contributed by atoms with Gasteiger partial charge in [0.2, 0.25) is 0 Å². The minimum Gasteiger partial charge on any atom is -0.394 e. The normalized spacial score (nSPS) is 11.2. The molecule has 98 valence electrons. The number of rotatable bonds is 6. The van der Waals surface area contributed by atoms with Crippen LogP contribution in [-0.2, 0) is 18.2 Å². The van der Waals surface area contributed by atoms with Crippen LogP contribution in [0, 0.1) is 0 Å². The van der Waals surface area contributed by atoms with Crippen LogP contribution in [0.2, 0.25) is 0 Å². The molecule has 5 nitrogen and oxygen atoms in total. The zero-order chi connectivity index (χ0) is 13.0. The monoisotopic (exact) mass is 240 g/mol. The number of aromatic nitrogens is 2. The molecule has 0 radical (unpaired) electrons. The second-order valence-corrected chi connectivity index (χ2v) is 4.50. The summed E-state index contributed by atoms with van der Waals surface area (Å²) in [5, 5.41) is 4.40. The van der Waals surface area contributed by atoms with E-state index < -0.39 is 0 Å². The number of nitrogens with two attached hydrogens (primary N) is 1. The number of aryl methyl sites for hydroxylation is 2. The highest BCUT2D eigenvalue weighted by Crippen LogP contribution is 2.25. The number of ether oxygens (including phenoxy) is 1. The second kappa shape index (κ2) is 5.91. The van der Waals surface area contributed by atoms with E-state index in [1.165, 1.54) is 0 Å². The third-order valence-electron chi connectivity index (χ3n) is 2.70. The lowest BCUT2D eigenvalue weighted by atomic mass is 10.3. The molecule has 1 heterocycles. The third kappa shape index (κ3) is 3.36. The van der Waals surface area contributed by atoms with Gasteiger partial charge >= 0.3 is 0 Å². The van der Waals surface area contributed by atoms with Gasteiger partial charge in [0.25, 0.3) is 0 Å². The van der Waals surface area contributed by atoms with Gasteiger partial charge in [-0.1, -0.05) is 6.92 Å². The molecule has 1 aromatic heterocycles. The summed E-state index contributed by atoms with van der Waals surface area (Å²) < 4.78 is 7.37. The van der Waals surface area contributed by atoms with Crippen molar-refractivity contribution in [3.05, 3.63) is 5.69 Å². The summed E-state index contributed by atoms with van der Waals surface area (Å²) >= 11 is 0. The number of anilines is 2.